The summed E-state index contributed by atoms with van der Waals surface area (Å²) in [6.07, 6.45) is 7.51. The van der Waals surface area contributed by atoms with Crippen molar-refractivity contribution in [3.05, 3.63) is 78.2 Å². The van der Waals surface area contributed by atoms with Gasteiger partial charge in [0.2, 0.25) is 0 Å². The lowest BCUT2D eigenvalue weighted by atomic mass is 9.96. The minimum Gasteiger partial charge on any atom is -0.337 e. The highest BCUT2D eigenvalue weighted by Gasteiger charge is 2.44. The highest BCUT2D eigenvalue weighted by atomic mass is 16.2. The molecule has 4 rings (SSSR count). The molecule has 1 aliphatic carbocycles. The van der Waals surface area contributed by atoms with Crippen molar-refractivity contribution in [1.82, 2.24) is 25.4 Å². The van der Waals surface area contributed by atoms with Crippen molar-refractivity contribution in [3.63, 3.8) is 0 Å². The predicted octanol–water partition coefficient (Wildman–Crippen LogP) is 2.80. The molecule has 0 unspecified atom stereocenters. The molecule has 1 fully saturated rings. The Hall–Kier alpha value is -3.15. The first-order valence-corrected chi connectivity index (χ1v) is 8.77. The Balaban J connectivity index is 1.30. The molecule has 3 aromatic rings. The Bertz CT molecular complexity index is 872. The van der Waals surface area contributed by atoms with Crippen LogP contribution in [0.1, 0.15) is 24.0 Å². The van der Waals surface area contributed by atoms with Gasteiger partial charge in [0.05, 0.1) is 0 Å². The highest BCUT2D eigenvalue weighted by molar-refractivity contribution is 5.74. The number of benzene rings is 1. The van der Waals surface area contributed by atoms with E-state index in [1.165, 1.54) is 5.56 Å². The van der Waals surface area contributed by atoms with Gasteiger partial charge in [0, 0.05) is 37.1 Å². The van der Waals surface area contributed by atoms with Crippen molar-refractivity contribution in [2.45, 2.75) is 24.8 Å². The number of carbonyl (C=O) groups is 1. The minimum atomic E-state index is -0.148. The molecule has 0 radical (unpaired) electrons. The van der Waals surface area contributed by atoms with Crippen LogP contribution in [0.15, 0.2) is 67.1 Å². The molecule has 2 aromatic heterocycles. The van der Waals surface area contributed by atoms with Crippen LogP contribution in [0.3, 0.4) is 0 Å². The monoisotopic (exact) mass is 347 g/mol. The van der Waals surface area contributed by atoms with Crippen molar-refractivity contribution >= 4 is 6.03 Å². The van der Waals surface area contributed by atoms with Crippen molar-refractivity contribution in [1.29, 1.82) is 0 Å². The van der Waals surface area contributed by atoms with Crippen molar-refractivity contribution in [3.8, 4) is 5.82 Å². The smallest absolute Gasteiger partial charge is 0.315 e. The van der Waals surface area contributed by atoms with Gasteiger partial charge < -0.3 is 10.6 Å². The summed E-state index contributed by atoms with van der Waals surface area (Å²) in [5.41, 5.74) is 2.39. The Morgan fingerprint density at radius 3 is 2.65 bits per heavy atom. The zero-order valence-corrected chi connectivity index (χ0v) is 14.4. The molecule has 0 atom stereocenters. The molecule has 2 heterocycles. The molecule has 0 spiro atoms. The zero-order valence-electron chi connectivity index (χ0n) is 14.4. The van der Waals surface area contributed by atoms with E-state index in [2.05, 4.69) is 45.0 Å². The quantitative estimate of drug-likeness (QED) is 0.720. The number of hydrogen-bond acceptors (Lipinski definition) is 3. The van der Waals surface area contributed by atoms with Crippen LogP contribution in [0.2, 0.25) is 0 Å². The van der Waals surface area contributed by atoms with Crippen LogP contribution in [0, 0.1) is 0 Å². The summed E-state index contributed by atoms with van der Waals surface area (Å²) < 4.78 is 1.69. The average Bonchev–Trinajstić information content (AvgIpc) is 3.29. The maximum absolute atomic E-state index is 12.2. The van der Waals surface area contributed by atoms with Gasteiger partial charge in [-0.15, -0.1) is 0 Å². The molecule has 6 heteroatoms. The number of hydrogen-bond donors (Lipinski definition) is 2. The maximum atomic E-state index is 12.2. The fraction of sp³-hybridized carbons (Fsp3) is 0.250. The van der Waals surface area contributed by atoms with Gasteiger partial charge in [0.15, 0.2) is 5.82 Å². The third-order valence-electron chi connectivity index (χ3n) is 4.83. The van der Waals surface area contributed by atoms with E-state index >= 15 is 0 Å². The second-order valence-electron chi connectivity index (χ2n) is 6.66. The number of nitrogens with zero attached hydrogens (tertiary/aromatic N) is 3. The molecule has 0 bridgehead atoms. The molecule has 2 N–H and O–H groups in total. The molecular weight excluding hydrogens is 326 g/mol. The zero-order chi connectivity index (χ0) is 17.8. The van der Waals surface area contributed by atoms with Gasteiger partial charge in [-0.25, -0.2) is 14.5 Å². The van der Waals surface area contributed by atoms with Crippen LogP contribution < -0.4 is 10.6 Å². The average molecular weight is 347 g/mol. The van der Waals surface area contributed by atoms with Crippen LogP contribution in [-0.4, -0.2) is 27.3 Å². The van der Waals surface area contributed by atoms with E-state index in [1.54, 1.807) is 17.1 Å². The SMILES string of the molecule is O=C(NCc1ccnc(-n2cccn2)c1)NCC1(c2ccccc2)CC1. The van der Waals surface area contributed by atoms with Crippen molar-refractivity contribution < 1.29 is 4.79 Å². The fourth-order valence-corrected chi connectivity index (χ4v) is 3.10. The lowest BCUT2D eigenvalue weighted by Crippen LogP contribution is -2.39. The van der Waals surface area contributed by atoms with E-state index < -0.39 is 0 Å². The maximum Gasteiger partial charge on any atom is 0.315 e. The normalized spacial score (nSPS) is 14.6. The summed E-state index contributed by atoms with van der Waals surface area (Å²) in [4.78, 5) is 16.5. The van der Waals surface area contributed by atoms with E-state index in [0.29, 0.717) is 13.1 Å². The standard InChI is InChI=1S/C20H21N5O/c26-19(23-15-20(8-9-20)17-5-2-1-3-6-17)22-14-16-7-11-21-18(13-16)25-12-4-10-24-25/h1-7,10-13H,8-9,14-15H2,(H2,22,23,26). The molecule has 6 nitrogen and oxygen atoms in total. The first kappa shape index (κ1) is 16.3. The first-order valence-electron chi connectivity index (χ1n) is 8.77. The molecule has 2 amide bonds. The van der Waals surface area contributed by atoms with Crippen LogP contribution in [0.25, 0.3) is 5.82 Å². The van der Waals surface area contributed by atoms with Crippen LogP contribution in [0.4, 0.5) is 4.79 Å². The number of aromatic nitrogens is 3. The summed E-state index contributed by atoms with van der Waals surface area (Å²) in [7, 11) is 0. The molecule has 132 valence electrons. The Morgan fingerprint density at radius 2 is 1.92 bits per heavy atom. The first-order chi connectivity index (χ1) is 12.8. The molecule has 1 aliphatic rings. The third-order valence-corrected chi connectivity index (χ3v) is 4.83. The lowest BCUT2D eigenvalue weighted by molar-refractivity contribution is 0.239. The number of carbonyl (C=O) groups excluding carboxylic acids is 1. The van der Waals surface area contributed by atoms with Gasteiger partial charge in [-0.1, -0.05) is 30.3 Å². The molecule has 0 aliphatic heterocycles. The van der Waals surface area contributed by atoms with E-state index in [1.807, 2.05) is 30.5 Å². The third kappa shape index (κ3) is 3.59. The van der Waals surface area contributed by atoms with Gasteiger partial charge >= 0.3 is 6.03 Å². The Labute approximate surface area is 152 Å². The molecular formula is C20H21N5O. The highest BCUT2D eigenvalue weighted by Crippen LogP contribution is 2.47. The van der Waals surface area contributed by atoms with E-state index in [0.717, 1.165) is 24.2 Å². The summed E-state index contributed by atoms with van der Waals surface area (Å²) in [5.74, 6) is 0.732. The van der Waals surface area contributed by atoms with Gasteiger partial charge in [-0.2, -0.15) is 5.10 Å². The number of pyridine rings is 1. The second kappa shape index (κ2) is 7.00. The van der Waals surface area contributed by atoms with Crippen molar-refractivity contribution in [2.24, 2.45) is 0 Å². The van der Waals surface area contributed by atoms with Gasteiger partial charge in [0.1, 0.15) is 0 Å². The number of amides is 2. The molecule has 0 saturated heterocycles. The van der Waals surface area contributed by atoms with Gasteiger partial charge in [-0.3, -0.25) is 0 Å². The number of rotatable bonds is 6. The Kier molecular flexibility index (Phi) is 4.39. The lowest BCUT2D eigenvalue weighted by Gasteiger charge is -2.17. The fourth-order valence-electron chi connectivity index (χ4n) is 3.10. The molecule has 1 aromatic carbocycles. The topological polar surface area (TPSA) is 71.8 Å². The van der Waals surface area contributed by atoms with Gasteiger partial charge in [-0.05, 0) is 42.2 Å². The molecule has 26 heavy (non-hydrogen) atoms. The second-order valence-corrected chi connectivity index (χ2v) is 6.66. The number of nitrogens with one attached hydrogen (secondary N) is 2. The summed E-state index contributed by atoms with van der Waals surface area (Å²) in [6.45, 7) is 1.11. The molecule has 1 saturated carbocycles. The number of urea groups is 1. The van der Waals surface area contributed by atoms with Crippen LogP contribution in [0.5, 0.6) is 0 Å². The van der Waals surface area contributed by atoms with E-state index in [4.69, 9.17) is 0 Å². The van der Waals surface area contributed by atoms with E-state index in [-0.39, 0.29) is 11.4 Å². The Morgan fingerprint density at radius 1 is 1.08 bits per heavy atom. The van der Waals surface area contributed by atoms with Crippen LogP contribution in [-0.2, 0) is 12.0 Å². The van der Waals surface area contributed by atoms with Crippen molar-refractivity contribution in [2.75, 3.05) is 6.54 Å². The predicted molar refractivity (Wildman–Crippen MR) is 99.0 cm³/mol. The van der Waals surface area contributed by atoms with E-state index in [9.17, 15) is 4.79 Å². The summed E-state index contributed by atoms with van der Waals surface area (Å²) in [5, 5.41) is 10.1. The largest absolute Gasteiger partial charge is 0.337 e. The minimum absolute atomic E-state index is 0.114. The van der Waals surface area contributed by atoms with Crippen LogP contribution >= 0.6 is 0 Å². The van der Waals surface area contributed by atoms with Gasteiger partial charge in [0.25, 0.3) is 0 Å². The summed E-state index contributed by atoms with van der Waals surface area (Å²) >= 11 is 0. The summed E-state index contributed by atoms with van der Waals surface area (Å²) in [6, 6.07) is 15.9.